The Morgan fingerprint density at radius 3 is 2.63 bits per heavy atom. The molecule has 1 heterocycles. The predicted molar refractivity (Wildman–Crippen MR) is 81.5 cm³/mol. The maximum absolute atomic E-state index is 7.83. The van der Waals surface area contributed by atoms with E-state index in [1.807, 2.05) is 18.4 Å². The van der Waals surface area contributed by atoms with Gasteiger partial charge in [-0.1, -0.05) is 6.07 Å². The molecule has 0 bridgehead atoms. The Morgan fingerprint density at radius 1 is 1.42 bits per heavy atom. The molecule has 0 unspecified atom stereocenters. The Hall–Kier alpha value is -1.20. The van der Waals surface area contributed by atoms with E-state index in [1.54, 1.807) is 18.9 Å². The maximum atomic E-state index is 7.83. The van der Waals surface area contributed by atoms with Crippen molar-refractivity contribution in [2.45, 2.75) is 23.8 Å². The molecule has 3 N–H and O–H groups in total. The van der Waals surface area contributed by atoms with Gasteiger partial charge in [-0.05, 0) is 31.2 Å². The first-order valence-corrected chi connectivity index (χ1v) is 7.69. The van der Waals surface area contributed by atoms with E-state index in [2.05, 4.69) is 11.0 Å². The molecular formula is C14H21N3OS. The molecule has 1 aromatic carbocycles. The summed E-state index contributed by atoms with van der Waals surface area (Å²) in [6, 6.07) is 6.12. The van der Waals surface area contributed by atoms with Gasteiger partial charge in [-0.3, -0.25) is 5.41 Å². The van der Waals surface area contributed by atoms with Crippen LogP contribution in [0.1, 0.15) is 18.4 Å². The van der Waals surface area contributed by atoms with Gasteiger partial charge >= 0.3 is 0 Å². The molecular weight excluding hydrogens is 258 g/mol. The molecule has 0 saturated carbocycles. The standard InChI is InChI=1S/C14H21N3OS/c1-18-10-6-8-17(9-7-10)11-4-3-5-12(19-2)13(11)14(15)16/h3-5,10H,6-9H2,1-2H3,(H3,15,16). The van der Waals surface area contributed by atoms with Crippen LogP contribution < -0.4 is 10.6 Å². The molecule has 1 aliphatic heterocycles. The van der Waals surface area contributed by atoms with Crippen molar-refractivity contribution < 1.29 is 4.74 Å². The number of benzene rings is 1. The zero-order chi connectivity index (χ0) is 13.8. The number of methoxy groups -OCH3 is 1. The molecule has 1 aliphatic rings. The van der Waals surface area contributed by atoms with E-state index in [4.69, 9.17) is 15.9 Å². The largest absolute Gasteiger partial charge is 0.384 e. The van der Waals surface area contributed by atoms with Gasteiger partial charge in [0.2, 0.25) is 0 Å². The number of nitrogens with one attached hydrogen (secondary N) is 1. The Labute approximate surface area is 118 Å². The van der Waals surface area contributed by atoms with Crippen molar-refractivity contribution >= 4 is 23.3 Å². The second-order valence-electron chi connectivity index (χ2n) is 4.69. The van der Waals surface area contributed by atoms with E-state index in [-0.39, 0.29) is 5.84 Å². The molecule has 0 atom stereocenters. The predicted octanol–water partition coefficient (Wildman–Crippen LogP) is 2.31. The third kappa shape index (κ3) is 3.04. The molecule has 0 aromatic heterocycles. The minimum Gasteiger partial charge on any atom is -0.384 e. The van der Waals surface area contributed by atoms with Crippen LogP contribution >= 0.6 is 11.8 Å². The van der Waals surface area contributed by atoms with Crippen molar-refractivity contribution in [3.05, 3.63) is 23.8 Å². The summed E-state index contributed by atoms with van der Waals surface area (Å²) in [6.07, 6.45) is 4.43. The fraction of sp³-hybridized carbons (Fsp3) is 0.500. The van der Waals surface area contributed by atoms with E-state index in [0.29, 0.717) is 6.10 Å². The highest BCUT2D eigenvalue weighted by molar-refractivity contribution is 7.98. The zero-order valence-corrected chi connectivity index (χ0v) is 12.3. The van der Waals surface area contributed by atoms with Crippen molar-refractivity contribution in [2.75, 3.05) is 31.4 Å². The SMILES string of the molecule is COC1CCN(c2cccc(SC)c2C(=N)N)CC1. The van der Waals surface area contributed by atoms with Gasteiger partial charge in [0.25, 0.3) is 0 Å². The van der Waals surface area contributed by atoms with E-state index in [1.165, 1.54) is 0 Å². The summed E-state index contributed by atoms with van der Waals surface area (Å²) in [4.78, 5) is 3.38. The van der Waals surface area contributed by atoms with Gasteiger partial charge in [-0.25, -0.2) is 0 Å². The molecule has 5 heteroatoms. The highest BCUT2D eigenvalue weighted by Crippen LogP contribution is 2.31. The average molecular weight is 279 g/mol. The summed E-state index contributed by atoms with van der Waals surface area (Å²) in [5, 5.41) is 7.83. The van der Waals surface area contributed by atoms with E-state index in [9.17, 15) is 0 Å². The minimum atomic E-state index is 0.147. The molecule has 0 amide bonds. The van der Waals surface area contributed by atoms with Gasteiger partial charge in [0, 0.05) is 30.8 Å². The van der Waals surface area contributed by atoms with E-state index < -0.39 is 0 Å². The quantitative estimate of drug-likeness (QED) is 0.504. The number of piperidine rings is 1. The number of nitrogens with two attached hydrogens (primary N) is 1. The summed E-state index contributed by atoms with van der Waals surface area (Å²) in [7, 11) is 1.77. The number of amidine groups is 1. The van der Waals surface area contributed by atoms with Gasteiger partial charge in [-0.15, -0.1) is 11.8 Å². The topological polar surface area (TPSA) is 62.3 Å². The van der Waals surface area contributed by atoms with Gasteiger partial charge in [0.1, 0.15) is 5.84 Å². The third-order valence-electron chi connectivity index (χ3n) is 3.61. The van der Waals surface area contributed by atoms with Crippen molar-refractivity contribution in [2.24, 2.45) is 5.73 Å². The smallest absolute Gasteiger partial charge is 0.126 e. The molecule has 104 valence electrons. The summed E-state index contributed by atoms with van der Waals surface area (Å²) >= 11 is 1.63. The van der Waals surface area contributed by atoms with E-state index in [0.717, 1.165) is 42.1 Å². The first kappa shape index (κ1) is 14.2. The number of anilines is 1. The lowest BCUT2D eigenvalue weighted by Gasteiger charge is -2.34. The summed E-state index contributed by atoms with van der Waals surface area (Å²) in [5.41, 5.74) is 7.71. The van der Waals surface area contributed by atoms with Crippen LogP contribution in [0.3, 0.4) is 0 Å². The first-order chi connectivity index (χ1) is 9.17. The Balaban J connectivity index is 2.27. The summed E-state index contributed by atoms with van der Waals surface area (Å²) in [6.45, 7) is 1.91. The van der Waals surface area contributed by atoms with E-state index >= 15 is 0 Å². The molecule has 2 rings (SSSR count). The van der Waals surface area contributed by atoms with Crippen LogP contribution in [-0.2, 0) is 4.74 Å². The molecule has 0 radical (unpaired) electrons. The highest BCUT2D eigenvalue weighted by atomic mass is 32.2. The number of rotatable bonds is 4. The van der Waals surface area contributed by atoms with Gasteiger partial charge in [0.15, 0.2) is 0 Å². The van der Waals surface area contributed by atoms with Crippen molar-refractivity contribution in [1.82, 2.24) is 0 Å². The Morgan fingerprint density at radius 2 is 2.11 bits per heavy atom. The number of hydrogen-bond donors (Lipinski definition) is 2. The monoisotopic (exact) mass is 279 g/mol. The van der Waals surface area contributed by atoms with Crippen molar-refractivity contribution in [3.8, 4) is 0 Å². The summed E-state index contributed by atoms with van der Waals surface area (Å²) < 4.78 is 5.40. The Kier molecular flexibility index (Phi) is 4.71. The molecule has 0 spiro atoms. The van der Waals surface area contributed by atoms with Crippen molar-refractivity contribution in [1.29, 1.82) is 5.41 Å². The fourth-order valence-electron chi connectivity index (χ4n) is 2.56. The van der Waals surface area contributed by atoms with Crippen LogP contribution in [0.15, 0.2) is 23.1 Å². The molecule has 0 aliphatic carbocycles. The lowest BCUT2D eigenvalue weighted by atomic mass is 10.0. The van der Waals surface area contributed by atoms with Crippen LogP contribution in [0.5, 0.6) is 0 Å². The summed E-state index contributed by atoms with van der Waals surface area (Å²) in [5.74, 6) is 0.147. The minimum absolute atomic E-state index is 0.147. The molecule has 1 aromatic rings. The fourth-order valence-corrected chi connectivity index (χ4v) is 3.19. The number of ether oxygens (including phenoxy) is 1. The van der Waals surface area contributed by atoms with Gasteiger partial charge < -0.3 is 15.4 Å². The van der Waals surface area contributed by atoms with Crippen LogP contribution in [0.4, 0.5) is 5.69 Å². The second-order valence-corrected chi connectivity index (χ2v) is 5.54. The molecule has 1 saturated heterocycles. The van der Waals surface area contributed by atoms with Crippen LogP contribution in [-0.4, -0.2) is 38.4 Å². The lowest BCUT2D eigenvalue weighted by molar-refractivity contribution is 0.0819. The second kappa shape index (κ2) is 6.30. The lowest BCUT2D eigenvalue weighted by Crippen LogP contribution is -2.37. The average Bonchev–Trinajstić information content (AvgIpc) is 2.46. The first-order valence-electron chi connectivity index (χ1n) is 6.46. The van der Waals surface area contributed by atoms with Crippen LogP contribution in [0.2, 0.25) is 0 Å². The Bertz CT molecular complexity index is 456. The van der Waals surface area contributed by atoms with Crippen LogP contribution in [0.25, 0.3) is 0 Å². The number of hydrogen-bond acceptors (Lipinski definition) is 4. The molecule has 19 heavy (non-hydrogen) atoms. The normalized spacial score (nSPS) is 16.6. The maximum Gasteiger partial charge on any atom is 0.126 e. The molecule has 4 nitrogen and oxygen atoms in total. The highest BCUT2D eigenvalue weighted by Gasteiger charge is 2.22. The number of nitrogen functional groups attached to an aromatic ring is 1. The molecule has 1 fully saturated rings. The van der Waals surface area contributed by atoms with Crippen molar-refractivity contribution in [3.63, 3.8) is 0 Å². The van der Waals surface area contributed by atoms with Gasteiger partial charge in [0.05, 0.1) is 11.7 Å². The third-order valence-corrected chi connectivity index (χ3v) is 4.39. The van der Waals surface area contributed by atoms with Crippen LogP contribution in [0, 0.1) is 5.41 Å². The number of thioether (sulfide) groups is 1. The number of nitrogens with zero attached hydrogens (tertiary/aromatic N) is 1. The zero-order valence-electron chi connectivity index (χ0n) is 11.5. The van der Waals surface area contributed by atoms with Gasteiger partial charge in [-0.2, -0.15) is 0 Å².